The van der Waals surface area contributed by atoms with Gasteiger partial charge in [0.2, 0.25) is 0 Å². The molecule has 1 aromatic carbocycles. The van der Waals surface area contributed by atoms with Crippen LogP contribution in [0.15, 0.2) is 24.3 Å². The summed E-state index contributed by atoms with van der Waals surface area (Å²) >= 11 is 0. The zero-order valence-corrected chi connectivity index (χ0v) is 12.4. The van der Waals surface area contributed by atoms with Gasteiger partial charge in [-0.05, 0) is 25.8 Å². The van der Waals surface area contributed by atoms with Gasteiger partial charge in [0.05, 0.1) is 0 Å². The summed E-state index contributed by atoms with van der Waals surface area (Å²) in [5.41, 5.74) is 1.16. The van der Waals surface area contributed by atoms with E-state index in [-0.39, 0.29) is 5.60 Å². The maximum absolute atomic E-state index is 6.04. The number of para-hydroxylation sites is 1. The second kappa shape index (κ2) is 5.93. The SMILES string of the molecule is COCC(C)CNC1CC(C)(C)Oc2ccccc21. The van der Waals surface area contributed by atoms with Crippen LogP contribution < -0.4 is 10.1 Å². The van der Waals surface area contributed by atoms with Crippen molar-refractivity contribution in [3.05, 3.63) is 29.8 Å². The maximum atomic E-state index is 6.04. The lowest BCUT2D eigenvalue weighted by Crippen LogP contribution is -2.40. The van der Waals surface area contributed by atoms with Crippen LogP contribution in [0.4, 0.5) is 0 Å². The molecule has 0 saturated carbocycles. The summed E-state index contributed by atoms with van der Waals surface area (Å²) in [5.74, 6) is 1.53. The zero-order chi connectivity index (χ0) is 13.9. The summed E-state index contributed by atoms with van der Waals surface area (Å²) in [6.45, 7) is 8.25. The summed E-state index contributed by atoms with van der Waals surface area (Å²) < 4.78 is 11.2. The lowest BCUT2D eigenvalue weighted by molar-refractivity contribution is 0.0640. The van der Waals surface area contributed by atoms with E-state index >= 15 is 0 Å². The molecule has 0 aliphatic carbocycles. The summed E-state index contributed by atoms with van der Waals surface area (Å²) in [5, 5.41) is 3.66. The highest BCUT2D eigenvalue weighted by molar-refractivity contribution is 5.38. The molecule has 1 N–H and O–H groups in total. The van der Waals surface area contributed by atoms with Gasteiger partial charge in [0.1, 0.15) is 11.4 Å². The number of benzene rings is 1. The molecule has 1 aliphatic rings. The van der Waals surface area contributed by atoms with Crippen molar-refractivity contribution in [1.82, 2.24) is 5.32 Å². The molecule has 2 atom stereocenters. The van der Waals surface area contributed by atoms with Crippen LogP contribution >= 0.6 is 0 Å². The zero-order valence-electron chi connectivity index (χ0n) is 12.4. The van der Waals surface area contributed by atoms with Gasteiger partial charge >= 0.3 is 0 Å². The molecule has 3 nitrogen and oxygen atoms in total. The largest absolute Gasteiger partial charge is 0.487 e. The molecule has 1 aromatic rings. The minimum absolute atomic E-state index is 0.115. The fourth-order valence-corrected chi connectivity index (χ4v) is 2.67. The smallest absolute Gasteiger partial charge is 0.124 e. The van der Waals surface area contributed by atoms with Crippen molar-refractivity contribution in [2.45, 2.75) is 38.8 Å². The molecule has 0 fully saturated rings. The normalized spacial score (nSPS) is 22.4. The summed E-state index contributed by atoms with van der Waals surface area (Å²) in [6, 6.07) is 8.69. The molecular formula is C16H25NO2. The molecule has 0 saturated heterocycles. The molecule has 106 valence electrons. The molecule has 0 spiro atoms. The summed E-state index contributed by atoms with van der Waals surface area (Å²) in [7, 11) is 1.75. The maximum Gasteiger partial charge on any atom is 0.124 e. The standard InChI is InChI=1S/C16H25NO2/c1-12(11-18-4)10-17-14-9-16(2,3)19-15-8-6-5-7-13(14)15/h5-8,12,14,17H,9-11H2,1-4H3. The molecular weight excluding hydrogens is 238 g/mol. The first-order chi connectivity index (χ1) is 9.02. The van der Waals surface area contributed by atoms with Gasteiger partial charge in [-0.3, -0.25) is 0 Å². The molecule has 1 heterocycles. The van der Waals surface area contributed by atoms with E-state index in [9.17, 15) is 0 Å². The third-order valence-electron chi connectivity index (χ3n) is 3.54. The van der Waals surface area contributed by atoms with Crippen LogP contribution in [-0.2, 0) is 4.74 Å². The highest BCUT2D eigenvalue weighted by Gasteiger charge is 2.33. The highest BCUT2D eigenvalue weighted by Crippen LogP contribution is 2.39. The second-order valence-corrected chi connectivity index (χ2v) is 6.13. The van der Waals surface area contributed by atoms with Crippen LogP contribution in [-0.4, -0.2) is 25.9 Å². The van der Waals surface area contributed by atoms with Crippen LogP contribution in [0.3, 0.4) is 0 Å². The molecule has 1 aliphatic heterocycles. The number of ether oxygens (including phenoxy) is 2. The molecule has 2 unspecified atom stereocenters. The van der Waals surface area contributed by atoms with E-state index in [1.807, 2.05) is 6.07 Å². The molecule has 0 radical (unpaired) electrons. The van der Waals surface area contributed by atoms with Crippen LogP contribution in [0.5, 0.6) is 5.75 Å². The third-order valence-corrected chi connectivity index (χ3v) is 3.54. The van der Waals surface area contributed by atoms with E-state index in [2.05, 4.69) is 44.3 Å². The average molecular weight is 263 g/mol. The monoisotopic (exact) mass is 263 g/mol. The van der Waals surface area contributed by atoms with E-state index in [1.165, 1.54) is 5.56 Å². The Hall–Kier alpha value is -1.06. The average Bonchev–Trinajstić information content (AvgIpc) is 2.35. The predicted molar refractivity (Wildman–Crippen MR) is 77.5 cm³/mol. The van der Waals surface area contributed by atoms with Gasteiger partial charge in [-0.25, -0.2) is 0 Å². The van der Waals surface area contributed by atoms with Crippen LogP contribution in [0.1, 0.15) is 38.8 Å². The van der Waals surface area contributed by atoms with Crippen molar-refractivity contribution >= 4 is 0 Å². The molecule has 19 heavy (non-hydrogen) atoms. The van der Waals surface area contributed by atoms with Gasteiger partial charge in [0.25, 0.3) is 0 Å². The number of hydrogen-bond acceptors (Lipinski definition) is 3. The third kappa shape index (κ3) is 3.71. The minimum Gasteiger partial charge on any atom is -0.487 e. The minimum atomic E-state index is -0.115. The van der Waals surface area contributed by atoms with Crippen molar-refractivity contribution in [3.63, 3.8) is 0 Å². The number of hydrogen-bond donors (Lipinski definition) is 1. The van der Waals surface area contributed by atoms with Crippen LogP contribution in [0.25, 0.3) is 0 Å². The van der Waals surface area contributed by atoms with E-state index in [0.717, 1.165) is 25.3 Å². The second-order valence-electron chi connectivity index (χ2n) is 6.13. The van der Waals surface area contributed by atoms with E-state index in [0.29, 0.717) is 12.0 Å². The quantitative estimate of drug-likeness (QED) is 0.885. The molecule has 0 amide bonds. The first kappa shape index (κ1) is 14.4. The van der Waals surface area contributed by atoms with Crippen LogP contribution in [0.2, 0.25) is 0 Å². The van der Waals surface area contributed by atoms with E-state index < -0.39 is 0 Å². The molecule has 0 aromatic heterocycles. The number of methoxy groups -OCH3 is 1. The number of rotatable bonds is 5. The van der Waals surface area contributed by atoms with Gasteiger partial charge in [0.15, 0.2) is 0 Å². The Bertz CT molecular complexity index is 417. The predicted octanol–water partition coefficient (Wildman–Crippen LogP) is 3.16. The summed E-state index contributed by atoms with van der Waals surface area (Å²) in [6.07, 6.45) is 0.990. The van der Waals surface area contributed by atoms with E-state index in [4.69, 9.17) is 9.47 Å². The lowest BCUT2D eigenvalue weighted by Gasteiger charge is -2.38. The van der Waals surface area contributed by atoms with Crippen molar-refractivity contribution in [2.24, 2.45) is 5.92 Å². The van der Waals surface area contributed by atoms with Gasteiger partial charge < -0.3 is 14.8 Å². The van der Waals surface area contributed by atoms with Gasteiger partial charge in [-0.1, -0.05) is 25.1 Å². The first-order valence-electron chi connectivity index (χ1n) is 7.02. The molecule has 3 heteroatoms. The Morgan fingerprint density at radius 1 is 1.42 bits per heavy atom. The topological polar surface area (TPSA) is 30.5 Å². The van der Waals surface area contributed by atoms with E-state index in [1.54, 1.807) is 7.11 Å². The highest BCUT2D eigenvalue weighted by atomic mass is 16.5. The Labute approximate surface area is 116 Å². The first-order valence-corrected chi connectivity index (χ1v) is 7.02. The van der Waals surface area contributed by atoms with Crippen molar-refractivity contribution in [1.29, 1.82) is 0 Å². The number of fused-ring (bicyclic) bond motifs is 1. The number of nitrogens with one attached hydrogen (secondary N) is 1. The lowest BCUT2D eigenvalue weighted by atomic mass is 9.89. The van der Waals surface area contributed by atoms with Gasteiger partial charge in [-0.2, -0.15) is 0 Å². The van der Waals surface area contributed by atoms with Crippen molar-refractivity contribution < 1.29 is 9.47 Å². The Kier molecular flexibility index (Phi) is 4.48. The van der Waals surface area contributed by atoms with Crippen molar-refractivity contribution in [2.75, 3.05) is 20.3 Å². The van der Waals surface area contributed by atoms with Crippen molar-refractivity contribution in [3.8, 4) is 5.75 Å². The van der Waals surface area contributed by atoms with Crippen LogP contribution in [0, 0.1) is 5.92 Å². The fraction of sp³-hybridized carbons (Fsp3) is 0.625. The molecule has 0 bridgehead atoms. The van der Waals surface area contributed by atoms with Gasteiger partial charge in [-0.15, -0.1) is 0 Å². The Morgan fingerprint density at radius 2 is 2.16 bits per heavy atom. The molecule has 2 rings (SSSR count). The van der Waals surface area contributed by atoms with Gasteiger partial charge in [0, 0.05) is 38.3 Å². The Balaban J connectivity index is 2.07. The fourth-order valence-electron chi connectivity index (χ4n) is 2.67. The summed E-state index contributed by atoms with van der Waals surface area (Å²) in [4.78, 5) is 0. The Morgan fingerprint density at radius 3 is 2.89 bits per heavy atom.